The summed E-state index contributed by atoms with van der Waals surface area (Å²) in [4.78, 5) is 9.03. The second-order valence-electron chi connectivity index (χ2n) is 7.59. The highest BCUT2D eigenvalue weighted by Gasteiger charge is 2.21. The quantitative estimate of drug-likeness (QED) is 0.488. The Hall–Kier alpha value is -3.76. The number of fused-ring (bicyclic) bond motifs is 1. The first-order valence-electron chi connectivity index (χ1n) is 10.0. The Morgan fingerprint density at radius 3 is 2.73 bits per heavy atom. The molecule has 3 aromatic heterocycles. The third-order valence-electron chi connectivity index (χ3n) is 5.81. The molecule has 0 radical (unpaired) electrons. The van der Waals surface area contributed by atoms with E-state index in [0.717, 1.165) is 59.1 Å². The number of rotatable bonds is 3. The van der Waals surface area contributed by atoms with Crippen molar-refractivity contribution in [2.45, 2.75) is 18.8 Å². The number of hydrogen-bond acceptors (Lipinski definition) is 6. The summed E-state index contributed by atoms with van der Waals surface area (Å²) in [5, 5.41) is 22.1. The van der Waals surface area contributed by atoms with Gasteiger partial charge in [-0.2, -0.15) is 10.4 Å². The van der Waals surface area contributed by atoms with Gasteiger partial charge in [-0.15, -0.1) is 0 Å². The van der Waals surface area contributed by atoms with Crippen LogP contribution in [0.1, 0.15) is 30.0 Å². The zero-order valence-corrected chi connectivity index (χ0v) is 16.4. The van der Waals surface area contributed by atoms with Crippen molar-refractivity contribution in [1.29, 1.82) is 5.26 Å². The standard InChI is InChI=1S/C23H21N7/c24-10-15-2-1-3-16-11-27-21(9-18(15)16)19-8-17(12-28-23(19)25)20-13-29-30-22(20)14-4-6-26-7-5-14/h1-3,8-9,11-14,26H,4-7H2,(H2,25,28)(H,29,30). The number of piperidine rings is 1. The molecule has 4 heterocycles. The van der Waals surface area contributed by atoms with Crippen LogP contribution in [0, 0.1) is 11.3 Å². The molecule has 0 spiro atoms. The van der Waals surface area contributed by atoms with Crippen LogP contribution < -0.4 is 11.1 Å². The number of hydrogen-bond donors (Lipinski definition) is 3. The zero-order chi connectivity index (χ0) is 20.5. The van der Waals surface area contributed by atoms with Crippen molar-refractivity contribution in [3.63, 3.8) is 0 Å². The molecule has 1 fully saturated rings. The number of anilines is 1. The highest BCUT2D eigenvalue weighted by atomic mass is 15.1. The summed E-state index contributed by atoms with van der Waals surface area (Å²) in [5.74, 6) is 0.855. The highest BCUT2D eigenvalue weighted by Crippen LogP contribution is 2.35. The van der Waals surface area contributed by atoms with Crippen molar-refractivity contribution < 1.29 is 0 Å². The summed E-state index contributed by atoms with van der Waals surface area (Å²) >= 11 is 0. The number of nitrogen functional groups attached to an aromatic ring is 1. The van der Waals surface area contributed by atoms with E-state index in [4.69, 9.17) is 5.73 Å². The summed E-state index contributed by atoms with van der Waals surface area (Å²) in [6.07, 6.45) is 7.57. The van der Waals surface area contributed by atoms with Crippen LogP contribution in [-0.2, 0) is 0 Å². The van der Waals surface area contributed by atoms with Crippen molar-refractivity contribution in [1.82, 2.24) is 25.5 Å². The number of aromatic nitrogens is 4. The Kier molecular flexibility index (Phi) is 4.62. The van der Waals surface area contributed by atoms with E-state index in [1.54, 1.807) is 18.5 Å². The number of pyridine rings is 2. The normalized spacial score (nSPS) is 14.6. The molecule has 0 amide bonds. The third kappa shape index (κ3) is 3.17. The summed E-state index contributed by atoms with van der Waals surface area (Å²) < 4.78 is 0. The van der Waals surface area contributed by atoms with E-state index >= 15 is 0 Å². The Bertz CT molecular complexity index is 1260. The van der Waals surface area contributed by atoms with Gasteiger partial charge in [0.1, 0.15) is 5.82 Å². The van der Waals surface area contributed by atoms with Gasteiger partial charge < -0.3 is 11.1 Å². The number of H-pyrrole nitrogens is 1. The van der Waals surface area contributed by atoms with Crippen LogP contribution in [0.25, 0.3) is 33.2 Å². The van der Waals surface area contributed by atoms with Gasteiger partial charge in [0.25, 0.3) is 0 Å². The number of nitrogens with zero attached hydrogens (tertiary/aromatic N) is 4. The first kappa shape index (κ1) is 18.3. The molecular formula is C23H21N7. The predicted molar refractivity (Wildman–Crippen MR) is 117 cm³/mol. The molecule has 7 heteroatoms. The summed E-state index contributed by atoms with van der Waals surface area (Å²) in [7, 11) is 0. The fourth-order valence-electron chi connectivity index (χ4n) is 4.19. The van der Waals surface area contributed by atoms with Gasteiger partial charge in [-0.1, -0.05) is 12.1 Å². The molecule has 5 rings (SSSR count). The van der Waals surface area contributed by atoms with Crippen molar-refractivity contribution in [3.8, 4) is 28.5 Å². The molecule has 4 aromatic rings. The van der Waals surface area contributed by atoms with Crippen LogP contribution in [0.2, 0.25) is 0 Å². The SMILES string of the molecule is N#Cc1cccc2cnc(-c3cc(-c4cn[nH]c4C4CCNCC4)cnc3N)cc12. The van der Waals surface area contributed by atoms with Crippen LogP contribution in [0.15, 0.2) is 48.9 Å². The molecule has 7 nitrogen and oxygen atoms in total. The van der Waals surface area contributed by atoms with Crippen LogP contribution >= 0.6 is 0 Å². The molecular weight excluding hydrogens is 374 g/mol. The maximum atomic E-state index is 9.45. The van der Waals surface area contributed by atoms with Gasteiger partial charge in [-0.3, -0.25) is 10.1 Å². The second kappa shape index (κ2) is 7.58. The molecule has 148 valence electrons. The van der Waals surface area contributed by atoms with Crippen molar-refractivity contribution in [2.75, 3.05) is 18.8 Å². The molecule has 0 unspecified atom stereocenters. The van der Waals surface area contributed by atoms with E-state index in [9.17, 15) is 5.26 Å². The molecule has 0 aliphatic carbocycles. The smallest absolute Gasteiger partial charge is 0.132 e. The number of benzene rings is 1. The third-order valence-corrected chi connectivity index (χ3v) is 5.81. The van der Waals surface area contributed by atoms with Gasteiger partial charge in [0.15, 0.2) is 0 Å². The predicted octanol–water partition coefficient (Wildman–Crippen LogP) is 3.61. The van der Waals surface area contributed by atoms with E-state index in [2.05, 4.69) is 31.6 Å². The molecule has 1 saturated heterocycles. The van der Waals surface area contributed by atoms with Gasteiger partial charge >= 0.3 is 0 Å². The Morgan fingerprint density at radius 2 is 1.90 bits per heavy atom. The summed E-state index contributed by atoms with van der Waals surface area (Å²) in [5.41, 5.74) is 11.4. The van der Waals surface area contributed by atoms with Gasteiger partial charge in [0, 0.05) is 51.5 Å². The number of nitriles is 1. The van der Waals surface area contributed by atoms with Crippen molar-refractivity contribution in [3.05, 3.63) is 60.2 Å². The van der Waals surface area contributed by atoms with Gasteiger partial charge in [0.2, 0.25) is 0 Å². The van der Waals surface area contributed by atoms with E-state index in [-0.39, 0.29) is 0 Å². The first-order chi connectivity index (χ1) is 14.7. The van der Waals surface area contributed by atoms with Crippen LogP contribution in [-0.4, -0.2) is 33.3 Å². The molecule has 4 N–H and O–H groups in total. The highest BCUT2D eigenvalue weighted by molar-refractivity contribution is 5.91. The fraction of sp³-hybridized carbons (Fsp3) is 0.217. The van der Waals surface area contributed by atoms with Crippen LogP contribution in [0.3, 0.4) is 0 Å². The Morgan fingerprint density at radius 1 is 1.03 bits per heavy atom. The van der Waals surface area contributed by atoms with Crippen LogP contribution in [0.5, 0.6) is 0 Å². The first-order valence-corrected chi connectivity index (χ1v) is 10.0. The van der Waals surface area contributed by atoms with E-state index < -0.39 is 0 Å². The lowest BCUT2D eigenvalue weighted by Gasteiger charge is -2.22. The Labute approximate surface area is 174 Å². The van der Waals surface area contributed by atoms with E-state index in [1.165, 1.54) is 0 Å². The van der Waals surface area contributed by atoms with Gasteiger partial charge in [-0.25, -0.2) is 4.98 Å². The number of nitrogens with two attached hydrogens (primary N) is 1. The fourth-order valence-corrected chi connectivity index (χ4v) is 4.19. The lowest BCUT2D eigenvalue weighted by Crippen LogP contribution is -2.27. The molecule has 1 aliphatic heterocycles. The lowest BCUT2D eigenvalue weighted by molar-refractivity contribution is 0.453. The van der Waals surface area contributed by atoms with Crippen molar-refractivity contribution >= 4 is 16.6 Å². The largest absolute Gasteiger partial charge is 0.383 e. The molecule has 0 saturated carbocycles. The minimum absolute atomic E-state index is 0.409. The molecule has 1 aromatic carbocycles. The molecule has 0 atom stereocenters. The van der Waals surface area contributed by atoms with Crippen LogP contribution in [0.4, 0.5) is 5.82 Å². The zero-order valence-electron chi connectivity index (χ0n) is 16.4. The minimum atomic E-state index is 0.409. The maximum absolute atomic E-state index is 9.45. The van der Waals surface area contributed by atoms with E-state index in [1.807, 2.05) is 30.5 Å². The Balaban J connectivity index is 1.60. The average molecular weight is 395 g/mol. The maximum Gasteiger partial charge on any atom is 0.132 e. The summed E-state index contributed by atoms with van der Waals surface area (Å²) in [6.45, 7) is 2.02. The van der Waals surface area contributed by atoms with Crippen molar-refractivity contribution in [2.24, 2.45) is 0 Å². The molecule has 30 heavy (non-hydrogen) atoms. The summed E-state index contributed by atoms with van der Waals surface area (Å²) in [6, 6.07) is 11.8. The van der Waals surface area contributed by atoms with Gasteiger partial charge in [-0.05, 0) is 44.1 Å². The van der Waals surface area contributed by atoms with E-state index in [0.29, 0.717) is 23.0 Å². The molecule has 0 bridgehead atoms. The van der Waals surface area contributed by atoms with Gasteiger partial charge in [0.05, 0.1) is 23.5 Å². The number of aromatic amines is 1. The lowest BCUT2D eigenvalue weighted by atomic mass is 9.90. The average Bonchev–Trinajstić information content (AvgIpc) is 3.29. The number of nitrogens with one attached hydrogen (secondary N) is 2. The minimum Gasteiger partial charge on any atom is -0.383 e. The second-order valence-corrected chi connectivity index (χ2v) is 7.59. The monoisotopic (exact) mass is 395 g/mol. The molecule has 1 aliphatic rings. The topological polar surface area (TPSA) is 116 Å².